The van der Waals surface area contributed by atoms with Crippen molar-refractivity contribution in [3.8, 4) is 5.75 Å². The lowest BCUT2D eigenvalue weighted by molar-refractivity contribution is -0.274. The smallest absolute Gasteiger partial charge is 0.406 e. The van der Waals surface area contributed by atoms with E-state index in [4.69, 9.17) is 5.73 Å². The first-order valence-electron chi connectivity index (χ1n) is 9.61. The topological polar surface area (TPSA) is 80.0 Å². The van der Waals surface area contributed by atoms with Crippen molar-refractivity contribution in [2.75, 3.05) is 18.4 Å². The first-order valence-corrected chi connectivity index (χ1v) is 9.61. The molecule has 9 heteroatoms. The van der Waals surface area contributed by atoms with Gasteiger partial charge < -0.3 is 20.7 Å². The third-order valence-corrected chi connectivity index (χ3v) is 4.64. The van der Waals surface area contributed by atoms with Crippen LogP contribution in [0.1, 0.15) is 35.2 Å². The van der Waals surface area contributed by atoms with Crippen molar-refractivity contribution in [1.29, 1.82) is 0 Å². The van der Waals surface area contributed by atoms with Crippen LogP contribution in [-0.2, 0) is 6.54 Å². The number of halogens is 3. The van der Waals surface area contributed by atoms with Gasteiger partial charge in [0.15, 0.2) is 5.96 Å². The SMILES string of the molecule is NC(=NCc1ccc(C(=O)N2CCCCC2)cc1)Nc1ccc(OC(F)(F)F)cc1. The van der Waals surface area contributed by atoms with Crippen LogP contribution in [0.25, 0.3) is 0 Å². The summed E-state index contributed by atoms with van der Waals surface area (Å²) in [5.41, 5.74) is 7.84. The van der Waals surface area contributed by atoms with Crippen molar-refractivity contribution in [1.82, 2.24) is 4.90 Å². The minimum absolute atomic E-state index is 0.0453. The molecule has 1 fully saturated rings. The molecular weight excluding hydrogens is 397 g/mol. The number of hydrogen-bond donors (Lipinski definition) is 2. The fraction of sp³-hybridized carbons (Fsp3) is 0.333. The Kier molecular flexibility index (Phi) is 6.81. The van der Waals surface area contributed by atoms with E-state index < -0.39 is 6.36 Å². The van der Waals surface area contributed by atoms with Gasteiger partial charge in [0, 0.05) is 24.3 Å². The normalized spacial score (nSPS) is 15.0. The summed E-state index contributed by atoms with van der Waals surface area (Å²) in [6, 6.07) is 12.4. The number of rotatable bonds is 5. The third kappa shape index (κ3) is 6.40. The number of nitrogens with zero attached hydrogens (tertiary/aromatic N) is 2. The lowest BCUT2D eigenvalue weighted by Gasteiger charge is -2.26. The van der Waals surface area contributed by atoms with E-state index in [1.54, 1.807) is 12.1 Å². The van der Waals surface area contributed by atoms with Gasteiger partial charge in [0.2, 0.25) is 0 Å². The second-order valence-corrected chi connectivity index (χ2v) is 6.95. The maximum absolute atomic E-state index is 12.5. The summed E-state index contributed by atoms with van der Waals surface area (Å²) in [7, 11) is 0. The highest BCUT2D eigenvalue weighted by molar-refractivity contribution is 5.94. The van der Waals surface area contributed by atoms with E-state index in [-0.39, 0.29) is 17.6 Å². The molecular formula is C21H23F3N4O2. The van der Waals surface area contributed by atoms with Gasteiger partial charge in [0.1, 0.15) is 5.75 Å². The van der Waals surface area contributed by atoms with E-state index in [1.165, 1.54) is 30.7 Å². The molecule has 0 unspecified atom stereocenters. The zero-order valence-electron chi connectivity index (χ0n) is 16.3. The average Bonchev–Trinajstić information content (AvgIpc) is 2.73. The third-order valence-electron chi connectivity index (χ3n) is 4.64. The molecule has 0 aliphatic carbocycles. The maximum atomic E-state index is 12.5. The molecule has 0 atom stereocenters. The second kappa shape index (κ2) is 9.51. The van der Waals surface area contributed by atoms with Crippen molar-refractivity contribution < 1.29 is 22.7 Å². The van der Waals surface area contributed by atoms with Crippen LogP contribution in [-0.4, -0.2) is 36.2 Å². The van der Waals surface area contributed by atoms with Gasteiger partial charge in [-0.15, -0.1) is 13.2 Å². The number of nitrogens with two attached hydrogens (primary N) is 1. The first kappa shape index (κ1) is 21.5. The molecule has 1 aliphatic rings. The Morgan fingerprint density at radius 3 is 2.27 bits per heavy atom. The van der Waals surface area contributed by atoms with Gasteiger partial charge in [-0.05, 0) is 61.2 Å². The number of amides is 1. The summed E-state index contributed by atoms with van der Waals surface area (Å²) in [6.07, 6.45) is -1.48. The number of carbonyl (C=O) groups excluding carboxylic acids is 1. The lowest BCUT2D eigenvalue weighted by atomic mass is 10.1. The number of guanidine groups is 1. The molecule has 0 bridgehead atoms. The van der Waals surface area contributed by atoms with Gasteiger partial charge in [-0.25, -0.2) is 4.99 Å². The fourth-order valence-electron chi connectivity index (χ4n) is 3.14. The van der Waals surface area contributed by atoms with Crippen LogP contribution in [0.3, 0.4) is 0 Å². The number of hydrogen-bond acceptors (Lipinski definition) is 3. The monoisotopic (exact) mass is 420 g/mol. The van der Waals surface area contributed by atoms with E-state index in [0.29, 0.717) is 17.8 Å². The molecule has 0 saturated carbocycles. The minimum Gasteiger partial charge on any atom is -0.406 e. The molecule has 1 saturated heterocycles. The molecule has 3 N–H and O–H groups in total. The predicted molar refractivity (Wildman–Crippen MR) is 108 cm³/mol. The Morgan fingerprint density at radius 2 is 1.67 bits per heavy atom. The molecule has 160 valence electrons. The highest BCUT2D eigenvalue weighted by atomic mass is 19.4. The number of piperidine rings is 1. The van der Waals surface area contributed by atoms with Crippen molar-refractivity contribution in [2.45, 2.75) is 32.2 Å². The molecule has 0 spiro atoms. The minimum atomic E-state index is -4.73. The molecule has 0 radical (unpaired) electrons. The second-order valence-electron chi connectivity index (χ2n) is 6.95. The fourth-order valence-corrected chi connectivity index (χ4v) is 3.14. The van der Waals surface area contributed by atoms with Gasteiger partial charge >= 0.3 is 6.36 Å². The van der Waals surface area contributed by atoms with E-state index in [0.717, 1.165) is 31.5 Å². The molecule has 0 aromatic heterocycles. The molecule has 3 rings (SSSR count). The van der Waals surface area contributed by atoms with E-state index in [1.807, 2.05) is 17.0 Å². The van der Waals surface area contributed by atoms with E-state index in [9.17, 15) is 18.0 Å². The summed E-state index contributed by atoms with van der Waals surface area (Å²) >= 11 is 0. The summed E-state index contributed by atoms with van der Waals surface area (Å²) in [5, 5.41) is 2.80. The number of likely N-dealkylation sites (tertiary alicyclic amines) is 1. The Morgan fingerprint density at radius 1 is 1.03 bits per heavy atom. The Balaban J connectivity index is 1.53. The van der Waals surface area contributed by atoms with Gasteiger partial charge in [-0.1, -0.05) is 12.1 Å². The lowest BCUT2D eigenvalue weighted by Crippen LogP contribution is -2.35. The molecule has 2 aromatic carbocycles. The van der Waals surface area contributed by atoms with Crippen LogP contribution in [0.2, 0.25) is 0 Å². The Bertz CT molecular complexity index is 875. The standard InChI is InChI=1S/C21H23F3N4O2/c22-21(23,24)30-18-10-8-17(9-11-18)27-20(25)26-14-15-4-6-16(7-5-15)19(29)28-12-2-1-3-13-28/h4-11H,1-3,12-14H2,(H3,25,26,27). The highest BCUT2D eigenvalue weighted by Crippen LogP contribution is 2.24. The number of aliphatic imine (C=N–C) groups is 1. The Hall–Kier alpha value is -3.23. The molecule has 1 heterocycles. The van der Waals surface area contributed by atoms with Gasteiger partial charge in [-0.2, -0.15) is 0 Å². The van der Waals surface area contributed by atoms with Crippen molar-refractivity contribution in [2.24, 2.45) is 10.7 Å². The molecule has 1 amide bonds. The summed E-state index contributed by atoms with van der Waals surface area (Å²) in [6.45, 7) is 1.90. The van der Waals surface area contributed by atoms with Crippen LogP contribution in [0.5, 0.6) is 5.75 Å². The van der Waals surface area contributed by atoms with Crippen molar-refractivity contribution >= 4 is 17.6 Å². The average molecular weight is 420 g/mol. The van der Waals surface area contributed by atoms with Crippen LogP contribution in [0.15, 0.2) is 53.5 Å². The molecule has 1 aliphatic heterocycles. The summed E-state index contributed by atoms with van der Waals surface area (Å²) in [5.74, 6) is -0.153. The number of ether oxygens (including phenoxy) is 1. The molecule has 2 aromatic rings. The number of benzene rings is 2. The Labute approximate surface area is 172 Å². The first-order chi connectivity index (χ1) is 14.3. The van der Waals surface area contributed by atoms with E-state index >= 15 is 0 Å². The zero-order valence-corrected chi connectivity index (χ0v) is 16.3. The maximum Gasteiger partial charge on any atom is 0.573 e. The zero-order chi connectivity index (χ0) is 21.6. The number of anilines is 1. The van der Waals surface area contributed by atoms with Crippen LogP contribution < -0.4 is 15.8 Å². The van der Waals surface area contributed by atoms with Crippen LogP contribution in [0, 0.1) is 0 Å². The molecule has 6 nitrogen and oxygen atoms in total. The van der Waals surface area contributed by atoms with Crippen LogP contribution >= 0.6 is 0 Å². The van der Waals surface area contributed by atoms with Crippen molar-refractivity contribution in [3.05, 3.63) is 59.7 Å². The predicted octanol–water partition coefficient (Wildman–Crippen LogP) is 4.14. The van der Waals surface area contributed by atoms with Crippen LogP contribution in [0.4, 0.5) is 18.9 Å². The number of alkyl halides is 3. The number of carbonyl (C=O) groups is 1. The number of nitrogens with one attached hydrogen (secondary N) is 1. The van der Waals surface area contributed by atoms with Gasteiger partial charge in [0.25, 0.3) is 5.91 Å². The summed E-state index contributed by atoms with van der Waals surface area (Å²) in [4.78, 5) is 18.6. The largest absolute Gasteiger partial charge is 0.573 e. The van der Waals surface area contributed by atoms with Crippen molar-refractivity contribution in [3.63, 3.8) is 0 Å². The molecule has 30 heavy (non-hydrogen) atoms. The highest BCUT2D eigenvalue weighted by Gasteiger charge is 2.30. The van der Waals surface area contributed by atoms with Gasteiger partial charge in [-0.3, -0.25) is 4.79 Å². The summed E-state index contributed by atoms with van der Waals surface area (Å²) < 4.78 is 40.4. The quantitative estimate of drug-likeness (QED) is 0.563. The van der Waals surface area contributed by atoms with E-state index in [2.05, 4.69) is 15.0 Å². The van der Waals surface area contributed by atoms with Gasteiger partial charge in [0.05, 0.1) is 6.54 Å².